The van der Waals surface area contributed by atoms with E-state index >= 15 is 0 Å². The van der Waals surface area contributed by atoms with E-state index in [0.717, 1.165) is 17.8 Å². The Labute approximate surface area is 104 Å². The summed E-state index contributed by atoms with van der Waals surface area (Å²) in [5.41, 5.74) is -0.232. The van der Waals surface area contributed by atoms with Crippen molar-refractivity contribution in [1.29, 1.82) is 10.5 Å². The number of hydrogen-bond acceptors (Lipinski definition) is 2. The van der Waals surface area contributed by atoms with E-state index < -0.39 is 5.41 Å². The molecule has 4 saturated carbocycles. The van der Waals surface area contributed by atoms with Gasteiger partial charge in [-0.25, -0.2) is 0 Å². The summed E-state index contributed by atoms with van der Waals surface area (Å²) in [6.07, 6.45) is 8.24. The van der Waals surface area contributed by atoms with Gasteiger partial charge in [0.25, 0.3) is 0 Å². The standard InChI is InChI=1S/C15H20N2/c1-14(10-17,2-3-16)15-7-11-4-12(8-15)6-13(5-11)9-15/h11-13H,2,4-9H2,1H3. The van der Waals surface area contributed by atoms with Gasteiger partial charge in [0.1, 0.15) is 0 Å². The van der Waals surface area contributed by atoms with Gasteiger partial charge in [0.15, 0.2) is 0 Å². The molecule has 0 aromatic carbocycles. The van der Waals surface area contributed by atoms with Gasteiger partial charge in [0, 0.05) is 0 Å². The highest BCUT2D eigenvalue weighted by Gasteiger charge is 2.58. The fourth-order valence-electron chi connectivity index (χ4n) is 5.29. The zero-order valence-corrected chi connectivity index (χ0v) is 10.6. The van der Waals surface area contributed by atoms with Crippen LogP contribution in [0, 0.1) is 51.2 Å². The Hall–Kier alpha value is -1.02. The summed E-state index contributed by atoms with van der Waals surface area (Å²) in [5, 5.41) is 18.6. The normalized spacial score (nSPS) is 45.9. The van der Waals surface area contributed by atoms with Crippen molar-refractivity contribution >= 4 is 0 Å². The lowest BCUT2D eigenvalue weighted by atomic mass is 9.43. The fourth-order valence-corrected chi connectivity index (χ4v) is 5.29. The van der Waals surface area contributed by atoms with E-state index in [4.69, 9.17) is 5.26 Å². The predicted molar refractivity (Wildman–Crippen MR) is 64.6 cm³/mol. The predicted octanol–water partition coefficient (Wildman–Crippen LogP) is 3.65. The molecule has 0 radical (unpaired) electrons. The van der Waals surface area contributed by atoms with Gasteiger partial charge in [0.05, 0.1) is 24.0 Å². The first kappa shape index (κ1) is 11.1. The maximum atomic E-state index is 9.58. The van der Waals surface area contributed by atoms with Crippen LogP contribution < -0.4 is 0 Å². The molecule has 0 saturated heterocycles. The lowest BCUT2D eigenvalue weighted by Gasteiger charge is -2.61. The van der Waals surface area contributed by atoms with Gasteiger partial charge in [-0.1, -0.05) is 0 Å². The summed E-state index contributed by atoms with van der Waals surface area (Å²) in [7, 11) is 0. The molecule has 2 heteroatoms. The van der Waals surface area contributed by atoms with Gasteiger partial charge in [-0.05, 0) is 68.6 Å². The van der Waals surface area contributed by atoms with Gasteiger partial charge in [-0.3, -0.25) is 0 Å². The van der Waals surface area contributed by atoms with Gasteiger partial charge in [-0.2, -0.15) is 10.5 Å². The van der Waals surface area contributed by atoms with Crippen LogP contribution in [0.1, 0.15) is 51.9 Å². The lowest BCUT2D eigenvalue weighted by molar-refractivity contribution is -0.104. The van der Waals surface area contributed by atoms with E-state index in [9.17, 15) is 5.26 Å². The minimum absolute atomic E-state index is 0.173. The second-order valence-electron chi connectivity index (χ2n) is 6.98. The van der Waals surface area contributed by atoms with Crippen molar-refractivity contribution in [2.75, 3.05) is 0 Å². The molecule has 1 atom stereocenters. The molecule has 2 nitrogen and oxygen atoms in total. The van der Waals surface area contributed by atoms with E-state index in [1.165, 1.54) is 38.5 Å². The van der Waals surface area contributed by atoms with Gasteiger partial charge in [-0.15, -0.1) is 0 Å². The van der Waals surface area contributed by atoms with Crippen molar-refractivity contribution in [3.8, 4) is 12.1 Å². The Morgan fingerprint density at radius 1 is 1.06 bits per heavy atom. The largest absolute Gasteiger partial charge is 0.198 e. The molecule has 4 fully saturated rings. The molecular weight excluding hydrogens is 208 g/mol. The average Bonchev–Trinajstić information content (AvgIpc) is 2.27. The second-order valence-corrected chi connectivity index (χ2v) is 6.98. The van der Waals surface area contributed by atoms with Crippen LogP contribution in [0.25, 0.3) is 0 Å². The summed E-state index contributed by atoms with van der Waals surface area (Å²) < 4.78 is 0. The fraction of sp³-hybridized carbons (Fsp3) is 0.867. The smallest absolute Gasteiger partial charge is 0.0731 e. The lowest BCUT2D eigenvalue weighted by Crippen LogP contribution is -2.53. The Kier molecular flexibility index (Phi) is 2.27. The quantitative estimate of drug-likeness (QED) is 0.724. The van der Waals surface area contributed by atoms with Crippen LogP contribution in [-0.2, 0) is 0 Å². The summed E-state index contributed by atoms with van der Waals surface area (Å²) >= 11 is 0. The van der Waals surface area contributed by atoms with Crippen LogP contribution in [-0.4, -0.2) is 0 Å². The van der Waals surface area contributed by atoms with Crippen molar-refractivity contribution in [2.45, 2.75) is 51.9 Å². The third-order valence-corrected chi connectivity index (χ3v) is 5.89. The molecule has 0 heterocycles. The Morgan fingerprint density at radius 3 is 1.88 bits per heavy atom. The molecule has 90 valence electrons. The number of nitriles is 2. The monoisotopic (exact) mass is 228 g/mol. The molecule has 0 N–H and O–H groups in total. The summed E-state index contributed by atoms with van der Waals surface area (Å²) in [4.78, 5) is 0. The maximum Gasteiger partial charge on any atom is 0.0731 e. The maximum absolute atomic E-state index is 9.58. The van der Waals surface area contributed by atoms with E-state index in [-0.39, 0.29) is 5.41 Å². The topological polar surface area (TPSA) is 47.6 Å². The van der Waals surface area contributed by atoms with Crippen LogP contribution >= 0.6 is 0 Å². The highest BCUT2D eigenvalue weighted by atomic mass is 14.6. The van der Waals surface area contributed by atoms with E-state index in [0.29, 0.717) is 6.42 Å². The van der Waals surface area contributed by atoms with Crippen LogP contribution in [0.4, 0.5) is 0 Å². The summed E-state index contributed by atoms with van der Waals surface area (Å²) in [5.74, 6) is 2.56. The third kappa shape index (κ3) is 1.43. The molecule has 0 aromatic heterocycles. The minimum Gasteiger partial charge on any atom is -0.198 e. The molecule has 4 aliphatic rings. The van der Waals surface area contributed by atoms with Crippen molar-refractivity contribution in [3.63, 3.8) is 0 Å². The summed E-state index contributed by atoms with van der Waals surface area (Å²) in [6.45, 7) is 2.04. The molecule has 0 spiro atoms. The van der Waals surface area contributed by atoms with Crippen LogP contribution in [0.3, 0.4) is 0 Å². The second kappa shape index (κ2) is 3.49. The number of hydrogen-bond donors (Lipinski definition) is 0. The first-order chi connectivity index (χ1) is 8.11. The Morgan fingerprint density at radius 2 is 1.53 bits per heavy atom. The molecule has 4 bridgehead atoms. The molecule has 17 heavy (non-hydrogen) atoms. The first-order valence-corrected chi connectivity index (χ1v) is 6.89. The molecule has 0 aromatic rings. The van der Waals surface area contributed by atoms with Crippen molar-refractivity contribution in [1.82, 2.24) is 0 Å². The van der Waals surface area contributed by atoms with E-state index in [1.54, 1.807) is 0 Å². The van der Waals surface area contributed by atoms with Crippen LogP contribution in [0.5, 0.6) is 0 Å². The summed E-state index contributed by atoms with van der Waals surface area (Å²) in [6, 6.07) is 4.78. The van der Waals surface area contributed by atoms with Crippen molar-refractivity contribution in [3.05, 3.63) is 0 Å². The van der Waals surface area contributed by atoms with Crippen molar-refractivity contribution < 1.29 is 0 Å². The minimum atomic E-state index is -0.405. The molecule has 4 rings (SSSR count). The Balaban J connectivity index is 1.96. The van der Waals surface area contributed by atoms with Gasteiger partial charge < -0.3 is 0 Å². The Bertz CT molecular complexity index is 376. The van der Waals surface area contributed by atoms with E-state index in [1.807, 2.05) is 6.92 Å². The number of nitrogens with zero attached hydrogens (tertiary/aromatic N) is 2. The molecular formula is C15H20N2. The highest BCUT2D eigenvalue weighted by molar-refractivity contribution is 5.16. The first-order valence-electron chi connectivity index (χ1n) is 6.89. The zero-order valence-electron chi connectivity index (χ0n) is 10.6. The number of rotatable bonds is 2. The molecule has 0 amide bonds. The van der Waals surface area contributed by atoms with Crippen molar-refractivity contribution in [2.24, 2.45) is 28.6 Å². The molecule has 0 aliphatic heterocycles. The van der Waals surface area contributed by atoms with E-state index in [2.05, 4.69) is 12.1 Å². The highest BCUT2D eigenvalue weighted by Crippen LogP contribution is 2.66. The van der Waals surface area contributed by atoms with Gasteiger partial charge >= 0.3 is 0 Å². The SMILES string of the molecule is CC(C#N)(CC#N)C12CC3CC(CC(C3)C1)C2. The molecule has 1 unspecified atom stereocenters. The van der Waals surface area contributed by atoms with Crippen LogP contribution in [0.2, 0.25) is 0 Å². The van der Waals surface area contributed by atoms with Crippen LogP contribution in [0.15, 0.2) is 0 Å². The third-order valence-electron chi connectivity index (χ3n) is 5.89. The zero-order chi connectivity index (χ0) is 12.1. The molecule has 4 aliphatic carbocycles. The average molecular weight is 228 g/mol. The van der Waals surface area contributed by atoms with Gasteiger partial charge in [0.2, 0.25) is 0 Å².